The smallest absolute Gasteiger partial charge is 0.251 e. The van der Waals surface area contributed by atoms with Crippen LogP contribution in [0.5, 0.6) is 0 Å². The molecule has 1 unspecified atom stereocenters. The topological polar surface area (TPSA) is 58.4 Å². The van der Waals surface area contributed by atoms with Crippen molar-refractivity contribution in [1.82, 2.24) is 10.2 Å². The molecule has 21 heavy (non-hydrogen) atoms. The van der Waals surface area contributed by atoms with Crippen LogP contribution >= 0.6 is 0 Å². The maximum atomic E-state index is 12.3. The van der Waals surface area contributed by atoms with Crippen molar-refractivity contribution in [3.63, 3.8) is 0 Å². The first-order valence-corrected chi connectivity index (χ1v) is 7.55. The molecule has 1 aromatic carbocycles. The van der Waals surface area contributed by atoms with Gasteiger partial charge in [0.2, 0.25) is 0 Å². The highest BCUT2D eigenvalue weighted by Gasteiger charge is 2.20. The summed E-state index contributed by atoms with van der Waals surface area (Å²) in [5.74, 6) is 5.74. The number of amides is 1. The SMILES string of the molecule is CCN1CCCC(NC(=O)c2cccc(C#CCN)c2)C1. The number of carbonyl (C=O) groups is 1. The van der Waals surface area contributed by atoms with Crippen LogP contribution in [0, 0.1) is 11.8 Å². The number of benzene rings is 1. The third kappa shape index (κ3) is 4.59. The molecule has 1 heterocycles. The number of likely N-dealkylation sites (N-methyl/N-ethyl adjacent to an activating group) is 1. The van der Waals surface area contributed by atoms with Gasteiger partial charge in [0.1, 0.15) is 0 Å². The Balaban J connectivity index is 1.99. The first-order valence-electron chi connectivity index (χ1n) is 7.55. The molecule has 112 valence electrons. The van der Waals surface area contributed by atoms with Gasteiger partial charge in [0.25, 0.3) is 5.91 Å². The minimum atomic E-state index is -0.0191. The number of hydrogen-bond acceptors (Lipinski definition) is 3. The third-order valence-corrected chi connectivity index (χ3v) is 3.75. The average molecular weight is 285 g/mol. The molecule has 1 saturated heterocycles. The van der Waals surface area contributed by atoms with Crippen LogP contribution in [-0.2, 0) is 0 Å². The molecule has 0 bridgehead atoms. The van der Waals surface area contributed by atoms with Crippen LogP contribution in [-0.4, -0.2) is 43.0 Å². The molecule has 4 nitrogen and oxygen atoms in total. The quantitative estimate of drug-likeness (QED) is 0.821. The molecule has 0 radical (unpaired) electrons. The Bertz CT molecular complexity index is 544. The van der Waals surface area contributed by atoms with Crippen molar-refractivity contribution in [3.05, 3.63) is 35.4 Å². The first-order chi connectivity index (χ1) is 10.2. The zero-order valence-electron chi connectivity index (χ0n) is 12.6. The molecule has 0 spiro atoms. The van der Waals surface area contributed by atoms with Crippen LogP contribution in [0.1, 0.15) is 35.7 Å². The van der Waals surface area contributed by atoms with Crippen LogP contribution in [0.25, 0.3) is 0 Å². The Morgan fingerprint density at radius 2 is 2.38 bits per heavy atom. The van der Waals surface area contributed by atoms with Gasteiger partial charge in [-0.05, 0) is 44.1 Å². The maximum absolute atomic E-state index is 12.3. The summed E-state index contributed by atoms with van der Waals surface area (Å²) >= 11 is 0. The monoisotopic (exact) mass is 285 g/mol. The minimum Gasteiger partial charge on any atom is -0.348 e. The first kappa shape index (κ1) is 15.6. The lowest BCUT2D eigenvalue weighted by Gasteiger charge is -2.32. The van der Waals surface area contributed by atoms with Crippen LogP contribution in [0.15, 0.2) is 24.3 Å². The summed E-state index contributed by atoms with van der Waals surface area (Å²) in [6.45, 7) is 5.59. The summed E-state index contributed by atoms with van der Waals surface area (Å²) in [5.41, 5.74) is 6.85. The Hall–Kier alpha value is -1.83. The van der Waals surface area contributed by atoms with E-state index in [-0.39, 0.29) is 11.9 Å². The van der Waals surface area contributed by atoms with E-state index in [1.165, 1.54) is 0 Å². The molecule has 1 aromatic rings. The van der Waals surface area contributed by atoms with Gasteiger partial charge in [-0.2, -0.15) is 0 Å². The Kier molecular flexibility index (Phi) is 5.79. The highest BCUT2D eigenvalue weighted by Crippen LogP contribution is 2.11. The molecule has 1 aliphatic heterocycles. The van der Waals surface area contributed by atoms with Gasteiger partial charge in [0.05, 0.1) is 6.54 Å². The van der Waals surface area contributed by atoms with E-state index >= 15 is 0 Å². The van der Waals surface area contributed by atoms with Gasteiger partial charge in [-0.3, -0.25) is 4.79 Å². The summed E-state index contributed by atoms with van der Waals surface area (Å²) in [6, 6.07) is 7.62. The Morgan fingerprint density at radius 1 is 1.52 bits per heavy atom. The summed E-state index contributed by atoms with van der Waals surface area (Å²) in [7, 11) is 0. The lowest BCUT2D eigenvalue weighted by atomic mass is 10.0. The molecule has 1 amide bonds. The van der Waals surface area contributed by atoms with Crippen LogP contribution < -0.4 is 11.1 Å². The second-order valence-corrected chi connectivity index (χ2v) is 5.29. The number of nitrogens with one attached hydrogen (secondary N) is 1. The molecule has 0 aliphatic carbocycles. The standard InChI is InChI=1S/C17H23N3O/c1-2-20-11-5-9-16(13-20)19-17(21)15-8-3-6-14(12-15)7-4-10-18/h3,6,8,12,16H,2,5,9-11,13,18H2,1H3,(H,19,21). The number of carbonyl (C=O) groups excluding carboxylic acids is 1. The Labute approximate surface area is 126 Å². The van der Waals surface area contributed by atoms with Crippen molar-refractivity contribution >= 4 is 5.91 Å². The number of hydrogen-bond donors (Lipinski definition) is 2. The highest BCUT2D eigenvalue weighted by atomic mass is 16.1. The molecule has 1 atom stereocenters. The highest BCUT2D eigenvalue weighted by molar-refractivity contribution is 5.94. The largest absolute Gasteiger partial charge is 0.348 e. The van der Waals surface area contributed by atoms with Gasteiger partial charge < -0.3 is 16.0 Å². The van der Waals surface area contributed by atoms with E-state index < -0.39 is 0 Å². The second kappa shape index (κ2) is 7.82. The number of piperidine rings is 1. The van der Waals surface area contributed by atoms with E-state index in [4.69, 9.17) is 5.73 Å². The zero-order chi connectivity index (χ0) is 15.1. The molecule has 2 rings (SSSR count). The fraction of sp³-hybridized carbons (Fsp3) is 0.471. The maximum Gasteiger partial charge on any atom is 0.251 e. The van der Waals surface area contributed by atoms with Crippen molar-refractivity contribution in [3.8, 4) is 11.8 Å². The normalized spacial score (nSPS) is 18.7. The summed E-state index contributed by atoms with van der Waals surface area (Å²) in [5, 5.41) is 3.13. The van der Waals surface area contributed by atoms with Crippen molar-refractivity contribution < 1.29 is 4.79 Å². The molecule has 4 heteroatoms. The Morgan fingerprint density at radius 3 is 3.14 bits per heavy atom. The average Bonchev–Trinajstić information content (AvgIpc) is 2.53. The van der Waals surface area contributed by atoms with E-state index in [2.05, 4.69) is 29.0 Å². The van der Waals surface area contributed by atoms with Crippen molar-refractivity contribution in [1.29, 1.82) is 0 Å². The van der Waals surface area contributed by atoms with Gasteiger partial charge in [0, 0.05) is 23.7 Å². The van der Waals surface area contributed by atoms with Gasteiger partial charge in [0.15, 0.2) is 0 Å². The van der Waals surface area contributed by atoms with Crippen LogP contribution in [0.3, 0.4) is 0 Å². The predicted molar refractivity (Wildman–Crippen MR) is 85.0 cm³/mol. The van der Waals surface area contributed by atoms with Crippen molar-refractivity contribution in [2.75, 3.05) is 26.2 Å². The molecular formula is C17H23N3O. The molecular weight excluding hydrogens is 262 g/mol. The van der Waals surface area contributed by atoms with Crippen LogP contribution in [0.4, 0.5) is 0 Å². The summed E-state index contributed by atoms with van der Waals surface area (Å²) in [6.07, 6.45) is 2.19. The summed E-state index contributed by atoms with van der Waals surface area (Å²) < 4.78 is 0. The number of nitrogens with zero attached hydrogens (tertiary/aromatic N) is 1. The molecule has 1 fully saturated rings. The fourth-order valence-electron chi connectivity index (χ4n) is 2.62. The third-order valence-electron chi connectivity index (χ3n) is 3.75. The van der Waals surface area contributed by atoms with E-state index in [0.717, 1.165) is 38.0 Å². The predicted octanol–water partition coefficient (Wildman–Crippen LogP) is 1.21. The molecule has 0 aromatic heterocycles. The van der Waals surface area contributed by atoms with Crippen LogP contribution in [0.2, 0.25) is 0 Å². The molecule has 1 aliphatic rings. The zero-order valence-corrected chi connectivity index (χ0v) is 12.6. The van der Waals surface area contributed by atoms with Gasteiger partial charge in [-0.25, -0.2) is 0 Å². The second-order valence-electron chi connectivity index (χ2n) is 5.29. The molecule has 0 saturated carbocycles. The van der Waals surface area contributed by atoms with E-state index in [9.17, 15) is 4.79 Å². The minimum absolute atomic E-state index is 0.0191. The number of rotatable bonds is 3. The van der Waals surface area contributed by atoms with Gasteiger partial charge in [-0.15, -0.1) is 0 Å². The van der Waals surface area contributed by atoms with Crippen molar-refractivity contribution in [2.45, 2.75) is 25.8 Å². The van der Waals surface area contributed by atoms with Gasteiger partial charge in [-0.1, -0.05) is 24.8 Å². The molecule has 3 N–H and O–H groups in total. The lowest BCUT2D eigenvalue weighted by Crippen LogP contribution is -2.47. The van der Waals surface area contributed by atoms with Gasteiger partial charge >= 0.3 is 0 Å². The number of likely N-dealkylation sites (tertiary alicyclic amines) is 1. The van der Waals surface area contributed by atoms with E-state index in [0.29, 0.717) is 12.1 Å². The van der Waals surface area contributed by atoms with E-state index in [1.807, 2.05) is 24.3 Å². The lowest BCUT2D eigenvalue weighted by molar-refractivity contribution is 0.0906. The van der Waals surface area contributed by atoms with Crippen molar-refractivity contribution in [2.24, 2.45) is 5.73 Å². The number of nitrogens with two attached hydrogens (primary N) is 1. The van der Waals surface area contributed by atoms with E-state index in [1.54, 1.807) is 0 Å². The summed E-state index contributed by atoms with van der Waals surface area (Å²) in [4.78, 5) is 14.7. The fourth-order valence-corrected chi connectivity index (χ4v) is 2.62.